The van der Waals surface area contributed by atoms with E-state index in [-0.39, 0.29) is 11.4 Å². The second-order valence-electron chi connectivity index (χ2n) is 6.10. The zero-order valence-corrected chi connectivity index (χ0v) is 16.0. The van der Waals surface area contributed by atoms with Crippen LogP contribution in [0.2, 0.25) is 0 Å². The van der Waals surface area contributed by atoms with Crippen LogP contribution < -0.4 is 15.8 Å². The van der Waals surface area contributed by atoms with E-state index in [9.17, 15) is 9.59 Å². The molecule has 0 bridgehead atoms. The lowest BCUT2D eigenvalue weighted by molar-refractivity contribution is -0.115. The van der Waals surface area contributed by atoms with Crippen molar-refractivity contribution < 1.29 is 9.59 Å². The Kier molecular flexibility index (Phi) is 5.29. The van der Waals surface area contributed by atoms with Crippen molar-refractivity contribution in [1.82, 2.24) is 9.97 Å². The predicted molar refractivity (Wildman–Crippen MR) is 109 cm³/mol. The molecule has 2 N–H and O–H groups in total. The minimum Gasteiger partial charge on any atom is -0.378 e. The number of amides is 1. The number of nitrogens with two attached hydrogens (primary N) is 1. The summed E-state index contributed by atoms with van der Waals surface area (Å²) in [5.41, 5.74) is 1.87. The molecule has 1 aromatic carbocycles. The maximum Gasteiger partial charge on any atom is 0.269 e. The number of carbonyl (C=O) groups is 2. The zero-order valence-electron chi connectivity index (χ0n) is 15.2. The van der Waals surface area contributed by atoms with Gasteiger partial charge in [0.05, 0.1) is 10.4 Å². The van der Waals surface area contributed by atoms with Crippen LogP contribution in [0.15, 0.2) is 47.4 Å². The van der Waals surface area contributed by atoms with E-state index in [0.717, 1.165) is 15.6 Å². The van der Waals surface area contributed by atoms with Crippen molar-refractivity contribution >= 4 is 45.9 Å². The number of anilines is 2. The molecule has 0 fully saturated rings. The summed E-state index contributed by atoms with van der Waals surface area (Å²) >= 11 is 1.50. The third-order valence-corrected chi connectivity index (χ3v) is 4.89. The summed E-state index contributed by atoms with van der Waals surface area (Å²) < 4.78 is 0. The van der Waals surface area contributed by atoms with E-state index in [1.54, 1.807) is 0 Å². The molecule has 0 aliphatic heterocycles. The average molecular weight is 381 g/mol. The summed E-state index contributed by atoms with van der Waals surface area (Å²) in [7, 11) is 3.88. The number of thiophene rings is 1. The molecule has 3 rings (SSSR count). The van der Waals surface area contributed by atoms with Crippen LogP contribution in [0, 0.1) is 0 Å². The van der Waals surface area contributed by atoms with Gasteiger partial charge in [-0.05, 0) is 42.6 Å². The van der Waals surface area contributed by atoms with E-state index >= 15 is 0 Å². The van der Waals surface area contributed by atoms with Gasteiger partial charge in [0.2, 0.25) is 0 Å². The van der Waals surface area contributed by atoms with Gasteiger partial charge in [0.25, 0.3) is 5.91 Å². The molecular weight excluding hydrogens is 362 g/mol. The topological polar surface area (TPSA) is 92.4 Å². The highest BCUT2D eigenvalue weighted by molar-refractivity contribution is 7.13. The SMILES string of the molecule is C/C(=C/C=O)C(=O)N(N)c1nc(-c2cccs2)nc2cc(N(C)C)ccc12. The third kappa shape index (κ3) is 3.71. The number of hydrogen-bond acceptors (Lipinski definition) is 7. The van der Waals surface area contributed by atoms with E-state index in [1.165, 1.54) is 24.3 Å². The van der Waals surface area contributed by atoms with Crippen molar-refractivity contribution in [2.24, 2.45) is 5.84 Å². The number of rotatable bonds is 5. The Morgan fingerprint density at radius 3 is 2.63 bits per heavy atom. The quantitative estimate of drug-likeness (QED) is 0.240. The molecule has 3 aromatic rings. The van der Waals surface area contributed by atoms with Gasteiger partial charge in [-0.1, -0.05) is 6.07 Å². The first-order valence-electron chi connectivity index (χ1n) is 8.16. The van der Waals surface area contributed by atoms with Crippen LogP contribution in [0.4, 0.5) is 11.5 Å². The van der Waals surface area contributed by atoms with E-state index in [4.69, 9.17) is 5.84 Å². The number of aldehydes is 1. The molecule has 0 aliphatic rings. The van der Waals surface area contributed by atoms with Gasteiger partial charge in [0, 0.05) is 30.7 Å². The van der Waals surface area contributed by atoms with Crippen LogP contribution in [0.5, 0.6) is 0 Å². The summed E-state index contributed by atoms with van der Waals surface area (Å²) in [5, 5.41) is 3.54. The maximum absolute atomic E-state index is 12.6. The minimum absolute atomic E-state index is 0.224. The van der Waals surface area contributed by atoms with Crippen molar-refractivity contribution in [3.63, 3.8) is 0 Å². The fraction of sp³-hybridized carbons (Fsp3) is 0.158. The Morgan fingerprint density at radius 2 is 2.00 bits per heavy atom. The Morgan fingerprint density at radius 1 is 1.22 bits per heavy atom. The number of fused-ring (bicyclic) bond motifs is 1. The van der Waals surface area contributed by atoms with Crippen LogP contribution in [-0.4, -0.2) is 36.3 Å². The Hall–Kier alpha value is -3.10. The van der Waals surface area contributed by atoms with Gasteiger partial charge >= 0.3 is 0 Å². The largest absolute Gasteiger partial charge is 0.378 e. The number of benzene rings is 1. The molecule has 0 saturated heterocycles. The van der Waals surface area contributed by atoms with Crippen LogP contribution in [0.1, 0.15) is 6.92 Å². The molecule has 0 aliphatic carbocycles. The molecule has 0 atom stereocenters. The molecule has 0 radical (unpaired) electrons. The fourth-order valence-corrected chi connectivity index (χ4v) is 3.20. The number of hydrogen-bond donors (Lipinski definition) is 1. The molecule has 0 spiro atoms. The molecule has 1 amide bonds. The van der Waals surface area contributed by atoms with Crippen molar-refractivity contribution in [2.45, 2.75) is 6.92 Å². The van der Waals surface area contributed by atoms with Gasteiger partial charge in [0.1, 0.15) is 6.29 Å². The summed E-state index contributed by atoms with van der Waals surface area (Å²) in [6.45, 7) is 1.53. The minimum atomic E-state index is -0.504. The summed E-state index contributed by atoms with van der Waals surface area (Å²) in [4.78, 5) is 35.3. The first kappa shape index (κ1) is 18.7. The second-order valence-corrected chi connectivity index (χ2v) is 7.05. The predicted octanol–water partition coefficient (Wildman–Crippen LogP) is 2.78. The normalized spacial score (nSPS) is 11.5. The standard InChI is InChI=1S/C19H19N5O2S/c1-12(8-9-25)19(26)24(20)18-14-7-6-13(23(2)3)11-15(14)21-17(22-18)16-5-4-10-27-16/h4-11H,20H2,1-3H3/b12-8-. The second kappa shape index (κ2) is 7.65. The third-order valence-electron chi connectivity index (χ3n) is 4.02. The molecule has 0 saturated carbocycles. The number of nitrogens with zero attached hydrogens (tertiary/aromatic N) is 4. The number of aromatic nitrogens is 2. The van der Waals surface area contributed by atoms with Gasteiger partial charge in [-0.15, -0.1) is 11.3 Å². The van der Waals surface area contributed by atoms with Crippen LogP contribution >= 0.6 is 11.3 Å². The molecule has 7 nitrogen and oxygen atoms in total. The average Bonchev–Trinajstić information content (AvgIpc) is 3.20. The van der Waals surface area contributed by atoms with E-state index in [1.807, 2.05) is 54.7 Å². The van der Waals surface area contributed by atoms with Crippen LogP contribution in [-0.2, 0) is 9.59 Å². The molecule has 0 unspecified atom stereocenters. The monoisotopic (exact) mass is 381 g/mol. The molecule has 2 aromatic heterocycles. The first-order chi connectivity index (χ1) is 12.9. The van der Waals surface area contributed by atoms with Crippen LogP contribution in [0.3, 0.4) is 0 Å². The highest BCUT2D eigenvalue weighted by Gasteiger charge is 2.20. The maximum atomic E-state index is 12.6. The van der Waals surface area contributed by atoms with E-state index < -0.39 is 5.91 Å². The summed E-state index contributed by atoms with van der Waals surface area (Å²) in [5.74, 6) is 6.36. The van der Waals surface area contributed by atoms with Crippen molar-refractivity contribution in [1.29, 1.82) is 0 Å². The van der Waals surface area contributed by atoms with Crippen molar-refractivity contribution in [3.05, 3.63) is 47.4 Å². The summed E-state index contributed by atoms with van der Waals surface area (Å²) in [6.07, 6.45) is 1.73. The van der Waals surface area contributed by atoms with Gasteiger partial charge in [-0.2, -0.15) is 0 Å². The van der Waals surface area contributed by atoms with Crippen molar-refractivity contribution in [2.75, 3.05) is 24.0 Å². The molecule has 8 heteroatoms. The molecule has 27 heavy (non-hydrogen) atoms. The first-order valence-corrected chi connectivity index (χ1v) is 9.04. The Labute approximate surface area is 160 Å². The number of carbonyl (C=O) groups excluding carboxylic acids is 2. The van der Waals surface area contributed by atoms with E-state index in [2.05, 4.69) is 9.97 Å². The molecule has 138 valence electrons. The van der Waals surface area contributed by atoms with Gasteiger partial charge in [-0.3, -0.25) is 9.59 Å². The smallest absolute Gasteiger partial charge is 0.269 e. The van der Waals surface area contributed by atoms with Crippen LogP contribution in [0.25, 0.3) is 21.6 Å². The lowest BCUT2D eigenvalue weighted by Crippen LogP contribution is -2.39. The Bertz CT molecular complexity index is 1030. The number of hydrazine groups is 1. The molecular formula is C19H19N5O2S. The zero-order chi connectivity index (χ0) is 19.6. The van der Waals surface area contributed by atoms with Gasteiger partial charge in [-0.25, -0.2) is 20.8 Å². The van der Waals surface area contributed by atoms with Gasteiger partial charge < -0.3 is 4.90 Å². The van der Waals surface area contributed by atoms with Crippen molar-refractivity contribution in [3.8, 4) is 10.7 Å². The lowest BCUT2D eigenvalue weighted by Gasteiger charge is -2.19. The van der Waals surface area contributed by atoms with E-state index in [0.29, 0.717) is 23.0 Å². The lowest BCUT2D eigenvalue weighted by atomic mass is 10.2. The highest BCUT2D eigenvalue weighted by Crippen LogP contribution is 2.31. The Balaban J connectivity index is 2.21. The fourth-order valence-electron chi connectivity index (χ4n) is 2.54. The van der Waals surface area contributed by atoms with Gasteiger partial charge in [0.15, 0.2) is 11.6 Å². The number of allylic oxidation sites excluding steroid dienone is 1. The summed E-state index contributed by atoms with van der Waals surface area (Å²) in [6, 6.07) is 9.48. The highest BCUT2D eigenvalue weighted by atomic mass is 32.1. The molecule has 2 heterocycles.